The Labute approximate surface area is 181 Å². The first kappa shape index (κ1) is 18.7. The number of hydrogen-bond acceptors (Lipinski definition) is 6. The van der Waals surface area contributed by atoms with Crippen molar-refractivity contribution >= 4 is 43.8 Å². The first-order valence-electron chi connectivity index (χ1n) is 9.40. The quantitative estimate of drug-likeness (QED) is 0.270. The second kappa shape index (κ2) is 7.85. The number of methoxy groups -OCH3 is 1. The van der Waals surface area contributed by atoms with Gasteiger partial charge in [0.05, 0.1) is 27.9 Å². The van der Waals surface area contributed by atoms with Crippen molar-refractivity contribution in [3.63, 3.8) is 0 Å². The van der Waals surface area contributed by atoms with E-state index >= 15 is 0 Å². The van der Waals surface area contributed by atoms with Gasteiger partial charge in [-0.3, -0.25) is 4.57 Å². The summed E-state index contributed by atoms with van der Waals surface area (Å²) < 4.78 is 8.53. The van der Waals surface area contributed by atoms with E-state index in [2.05, 4.69) is 62.4 Å². The van der Waals surface area contributed by atoms with E-state index in [-0.39, 0.29) is 0 Å². The minimum atomic E-state index is 0.649. The van der Waals surface area contributed by atoms with Crippen molar-refractivity contribution in [2.24, 2.45) is 10.2 Å². The fourth-order valence-electron chi connectivity index (χ4n) is 3.28. The van der Waals surface area contributed by atoms with Crippen LogP contribution in [0.15, 0.2) is 82.3 Å². The van der Waals surface area contributed by atoms with Crippen molar-refractivity contribution in [2.75, 3.05) is 7.11 Å². The number of aromatic nitrogens is 2. The topological polar surface area (TPSA) is 51.8 Å². The highest BCUT2D eigenvalue weighted by molar-refractivity contribution is 7.21. The number of aryl methyl sites for hydroxylation is 1. The molecule has 7 heteroatoms. The molecule has 0 aliphatic carbocycles. The molecule has 0 bridgehead atoms. The summed E-state index contributed by atoms with van der Waals surface area (Å²) in [5, 5.41) is 11.7. The lowest BCUT2D eigenvalue weighted by Crippen LogP contribution is -1.95. The van der Waals surface area contributed by atoms with Gasteiger partial charge in [0.25, 0.3) is 0 Å². The van der Waals surface area contributed by atoms with Crippen LogP contribution in [0.1, 0.15) is 5.56 Å². The van der Waals surface area contributed by atoms with Gasteiger partial charge in [0.1, 0.15) is 5.75 Å². The van der Waals surface area contributed by atoms with Crippen LogP contribution in [0.3, 0.4) is 0 Å². The van der Waals surface area contributed by atoms with Crippen LogP contribution in [0.4, 0.5) is 10.9 Å². The van der Waals surface area contributed by atoms with E-state index in [0.29, 0.717) is 5.13 Å². The second-order valence-corrected chi connectivity index (χ2v) is 8.71. The minimum Gasteiger partial charge on any atom is -0.497 e. The van der Waals surface area contributed by atoms with Gasteiger partial charge in [-0.05, 0) is 72.5 Å². The molecule has 5 rings (SSSR count). The summed E-state index contributed by atoms with van der Waals surface area (Å²) in [5.41, 5.74) is 4.23. The summed E-state index contributed by atoms with van der Waals surface area (Å²) in [6.07, 6.45) is 0. The zero-order valence-electron chi connectivity index (χ0n) is 16.4. The van der Waals surface area contributed by atoms with Crippen molar-refractivity contribution in [3.8, 4) is 22.0 Å². The van der Waals surface area contributed by atoms with Crippen LogP contribution in [-0.2, 0) is 0 Å². The molecular formula is C23H18N4OS2. The Balaban J connectivity index is 1.57. The van der Waals surface area contributed by atoms with Crippen LogP contribution in [0.5, 0.6) is 5.75 Å². The molecule has 5 nitrogen and oxygen atoms in total. The Kier molecular flexibility index (Phi) is 4.90. The van der Waals surface area contributed by atoms with Crippen LogP contribution in [0.2, 0.25) is 0 Å². The standard InChI is InChI=1S/C23H18N4OS2/c1-15-5-10-18-21(14-15)30-23(24-18)26-25-22-12-11-19(20-4-3-13-29-20)27(22)16-6-8-17(28-2)9-7-16/h3-14H,1-2H3/b26-25+. The molecule has 0 amide bonds. The van der Waals surface area contributed by atoms with Crippen molar-refractivity contribution in [1.82, 2.24) is 9.55 Å². The van der Waals surface area contributed by atoms with Crippen molar-refractivity contribution in [2.45, 2.75) is 6.92 Å². The molecule has 30 heavy (non-hydrogen) atoms. The van der Waals surface area contributed by atoms with Gasteiger partial charge in [-0.25, -0.2) is 4.98 Å². The molecule has 0 aliphatic rings. The smallest absolute Gasteiger partial charge is 0.231 e. The van der Waals surface area contributed by atoms with Crippen LogP contribution < -0.4 is 4.74 Å². The van der Waals surface area contributed by atoms with Gasteiger partial charge in [0, 0.05) is 5.69 Å². The Hall–Kier alpha value is -3.29. The predicted octanol–water partition coefficient (Wildman–Crippen LogP) is 7.55. The van der Waals surface area contributed by atoms with E-state index in [1.54, 1.807) is 29.8 Å². The summed E-state index contributed by atoms with van der Waals surface area (Å²) in [7, 11) is 1.67. The molecule has 3 aromatic heterocycles. The molecule has 0 saturated heterocycles. The van der Waals surface area contributed by atoms with Crippen LogP contribution in [0.25, 0.3) is 26.5 Å². The number of thiazole rings is 1. The fraction of sp³-hybridized carbons (Fsp3) is 0.0870. The van der Waals surface area contributed by atoms with Gasteiger partial charge < -0.3 is 4.74 Å². The Morgan fingerprint density at radius 3 is 2.60 bits per heavy atom. The molecule has 0 saturated carbocycles. The molecule has 0 fully saturated rings. The lowest BCUT2D eigenvalue weighted by molar-refractivity contribution is 0.415. The molecule has 0 spiro atoms. The molecular weight excluding hydrogens is 412 g/mol. The summed E-state index contributed by atoms with van der Waals surface area (Å²) in [4.78, 5) is 5.75. The molecule has 2 aromatic carbocycles. The van der Waals surface area contributed by atoms with Gasteiger partial charge in [-0.2, -0.15) is 0 Å². The zero-order chi connectivity index (χ0) is 20.5. The third kappa shape index (κ3) is 3.53. The predicted molar refractivity (Wildman–Crippen MR) is 124 cm³/mol. The summed E-state index contributed by atoms with van der Waals surface area (Å²) >= 11 is 3.24. The van der Waals surface area contributed by atoms with E-state index in [1.165, 1.54) is 10.4 Å². The van der Waals surface area contributed by atoms with E-state index in [9.17, 15) is 0 Å². The average Bonchev–Trinajstić information content (AvgIpc) is 3.50. The average molecular weight is 431 g/mol. The zero-order valence-corrected chi connectivity index (χ0v) is 18.1. The fourth-order valence-corrected chi connectivity index (χ4v) is 4.91. The molecule has 5 aromatic rings. The summed E-state index contributed by atoms with van der Waals surface area (Å²) in [5.74, 6) is 1.57. The maximum absolute atomic E-state index is 5.31. The first-order chi connectivity index (χ1) is 14.7. The third-order valence-electron chi connectivity index (χ3n) is 4.74. The molecule has 0 aliphatic heterocycles. The highest BCUT2D eigenvalue weighted by Gasteiger charge is 2.13. The number of hydrogen-bond donors (Lipinski definition) is 0. The van der Waals surface area contributed by atoms with Crippen LogP contribution in [0, 0.1) is 6.92 Å². The Morgan fingerprint density at radius 1 is 0.967 bits per heavy atom. The van der Waals surface area contributed by atoms with Gasteiger partial charge in [0.2, 0.25) is 5.13 Å². The van der Waals surface area contributed by atoms with Crippen LogP contribution in [-0.4, -0.2) is 16.7 Å². The lowest BCUT2D eigenvalue weighted by Gasteiger charge is -2.11. The monoisotopic (exact) mass is 430 g/mol. The molecule has 3 heterocycles. The maximum atomic E-state index is 5.31. The molecule has 0 N–H and O–H groups in total. The molecule has 0 atom stereocenters. The number of nitrogens with zero attached hydrogens (tertiary/aromatic N) is 4. The van der Waals surface area contributed by atoms with Crippen LogP contribution >= 0.6 is 22.7 Å². The normalized spacial score (nSPS) is 11.5. The van der Waals surface area contributed by atoms with Crippen molar-refractivity contribution in [3.05, 3.63) is 77.7 Å². The largest absolute Gasteiger partial charge is 0.497 e. The summed E-state index contributed by atoms with van der Waals surface area (Å²) in [6.45, 7) is 2.08. The van der Waals surface area contributed by atoms with E-state index in [4.69, 9.17) is 4.74 Å². The third-order valence-corrected chi connectivity index (χ3v) is 6.53. The summed E-state index contributed by atoms with van der Waals surface area (Å²) in [6, 6.07) is 22.4. The second-order valence-electron chi connectivity index (χ2n) is 6.76. The highest BCUT2D eigenvalue weighted by Crippen LogP contribution is 2.35. The van der Waals surface area contributed by atoms with E-state index in [0.717, 1.165) is 33.2 Å². The van der Waals surface area contributed by atoms with E-state index in [1.807, 2.05) is 36.4 Å². The van der Waals surface area contributed by atoms with E-state index < -0.39 is 0 Å². The number of azo groups is 1. The Bertz CT molecular complexity index is 1330. The van der Waals surface area contributed by atoms with Crippen molar-refractivity contribution in [1.29, 1.82) is 0 Å². The number of ether oxygens (including phenoxy) is 1. The Morgan fingerprint density at radius 2 is 1.83 bits per heavy atom. The minimum absolute atomic E-state index is 0.649. The number of benzene rings is 2. The highest BCUT2D eigenvalue weighted by atomic mass is 32.1. The number of rotatable bonds is 5. The maximum Gasteiger partial charge on any atom is 0.231 e. The van der Waals surface area contributed by atoms with Gasteiger partial charge in [-0.1, -0.05) is 23.5 Å². The van der Waals surface area contributed by atoms with Gasteiger partial charge >= 0.3 is 0 Å². The number of fused-ring (bicyclic) bond motifs is 1. The lowest BCUT2D eigenvalue weighted by atomic mass is 10.2. The van der Waals surface area contributed by atoms with Crippen molar-refractivity contribution < 1.29 is 4.74 Å². The van der Waals surface area contributed by atoms with Gasteiger partial charge in [-0.15, -0.1) is 21.6 Å². The molecule has 0 unspecified atom stereocenters. The molecule has 0 radical (unpaired) electrons. The SMILES string of the molecule is COc1ccc(-n2c(/N=N/c3nc4ccc(C)cc4s3)ccc2-c2cccs2)cc1. The molecule has 148 valence electrons. The number of thiophene rings is 1. The van der Waals surface area contributed by atoms with Gasteiger partial charge in [0.15, 0.2) is 5.82 Å². The first-order valence-corrected chi connectivity index (χ1v) is 11.1.